The van der Waals surface area contributed by atoms with Crippen LogP contribution in [-0.2, 0) is 0 Å². The van der Waals surface area contributed by atoms with Crippen LogP contribution in [0.2, 0.25) is 5.02 Å². The number of hydrogen-bond acceptors (Lipinski definition) is 3. The summed E-state index contributed by atoms with van der Waals surface area (Å²) in [5, 5.41) is 9.65. The van der Waals surface area contributed by atoms with E-state index < -0.39 is 5.97 Å². The standard InChI is InChI=1S/C15H21ClN2O2/c1-3-18-9-7-11(8-10-18)17(2)13-6-4-5-12(16)14(13)15(19)20/h4-6,11H,3,7-10H2,1-2H3,(H,19,20). The molecule has 1 aromatic carbocycles. The lowest BCUT2D eigenvalue weighted by Gasteiger charge is -2.38. The van der Waals surface area contributed by atoms with Crippen molar-refractivity contribution >= 4 is 23.3 Å². The minimum atomic E-state index is -0.969. The van der Waals surface area contributed by atoms with Gasteiger partial charge in [0.2, 0.25) is 0 Å². The summed E-state index contributed by atoms with van der Waals surface area (Å²) in [4.78, 5) is 15.9. The summed E-state index contributed by atoms with van der Waals surface area (Å²) in [7, 11) is 1.96. The van der Waals surface area contributed by atoms with Crippen LogP contribution >= 0.6 is 11.6 Å². The second-order valence-corrected chi connectivity index (χ2v) is 5.62. The number of carbonyl (C=O) groups is 1. The number of halogens is 1. The third kappa shape index (κ3) is 3.07. The van der Waals surface area contributed by atoms with Crippen LogP contribution in [-0.4, -0.2) is 48.7 Å². The minimum Gasteiger partial charge on any atom is -0.478 e. The lowest BCUT2D eigenvalue weighted by atomic mass is 10.0. The molecule has 1 aromatic rings. The minimum absolute atomic E-state index is 0.203. The van der Waals surface area contributed by atoms with Crippen molar-refractivity contribution in [3.8, 4) is 0 Å². The van der Waals surface area contributed by atoms with Gasteiger partial charge in [0, 0.05) is 26.2 Å². The molecule has 1 N–H and O–H groups in total. The molecule has 20 heavy (non-hydrogen) atoms. The fourth-order valence-corrected chi connectivity index (χ4v) is 3.09. The quantitative estimate of drug-likeness (QED) is 0.928. The molecule has 0 amide bonds. The maximum absolute atomic E-state index is 11.4. The molecular weight excluding hydrogens is 276 g/mol. The van der Waals surface area contributed by atoms with Crippen molar-refractivity contribution in [3.63, 3.8) is 0 Å². The lowest BCUT2D eigenvalue weighted by molar-refractivity contribution is 0.0697. The Balaban J connectivity index is 2.20. The molecule has 1 aliphatic rings. The Kier molecular flexibility index (Phi) is 4.89. The second-order valence-electron chi connectivity index (χ2n) is 5.22. The highest BCUT2D eigenvalue weighted by Gasteiger charge is 2.25. The predicted octanol–water partition coefficient (Wildman–Crippen LogP) is 2.96. The van der Waals surface area contributed by atoms with E-state index in [9.17, 15) is 9.90 Å². The molecule has 1 heterocycles. The van der Waals surface area contributed by atoms with E-state index >= 15 is 0 Å². The number of carboxylic acids is 1. The smallest absolute Gasteiger partial charge is 0.339 e. The Hall–Kier alpha value is -1.26. The van der Waals surface area contributed by atoms with Crippen molar-refractivity contribution in [1.29, 1.82) is 0 Å². The van der Waals surface area contributed by atoms with E-state index in [-0.39, 0.29) is 5.56 Å². The van der Waals surface area contributed by atoms with Crippen molar-refractivity contribution in [1.82, 2.24) is 4.90 Å². The Bertz CT molecular complexity index is 485. The number of anilines is 1. The van der Waals surface area contributed by atoms with E-state index in [0.717, 1.165) is 32.5 Å². The zero-order valence-electron chi connectivity index (χ0n) is 12.0. The Morgan fingerprint density at radius 2 is 2.10 bits per heavy atom. The molecule has 0 bridgehead atoms. The van der Waals surface area contributed by atoms with Gasteiger partial charge in [-0.3, -0.25) is 0 Å². The molecule has 0 unspecified atom stereocenters. The molecule has 5 heteroatoms. The van der Waals surface area contributed by atoms with E-state index in [4.69, 9.17) is 11.6 Å². The number of aromatic carboxylic acids is 1. The predicted molar refractivity (Wildman–Crippen MR) is 82.0 cm³/mol. The second kappa shape index (κ2) is 6.46. The van der Waals surface area contributed by atoms with E-state index in [1.165, 1.54) is 0 Å². The molecule has 0 aromatic heterocycles. The van der Waals surface area contributed by atoms with Gasteiger partial charge in [0.1, 0.15) is 5.56 Å². The van der Waals surface area contributed by atoms with Crippen molar-refractivity contribution in [2.24, 2.45) is 0 Å². The SMILES string of the molecule is CCN1CCC(N(C)c2cccc(Cl)c2C(=O)O)CC1. The van der Waals surface area contributed by atoms with Crippen LogP contribution in [0.5, 0.6) is 0 Å². The fraction of sp³-hybridized carbons (Fsp3) is 0.533. The average Bonchev–Trinajstić information content (AvgIpc) is 2.46. The molecule has 0 aliphatic carbocycles. The van der Waals surface area contributed by atoms with Crippen molar-refractivity contribution in [2.75, 3.05) is 31.6 Å². The Morgan fingerprint density at radius 3 is 2.65 bits per heavy atom. The number of carboxylic acid groups (broad SMARTS) is 1. The van der Waals surface area contributed by atoms with Crippen LogP contribution in [0, 0.1) is 0 Å². The van der Waals surface area contributed by atoms with Gasteiger partial charge in [0.15, 0.2) is 0 Å². The molecule has 1 fully saturated rings. The fourth-order valence-electron chi connectivity index (χ4n) is 2.84. The maximum Gasteiger partial charge on any atom is 0.339 e. The van der Waals surface area contributed by atoms with Gasteiger partial charge >= 0.3 is 5.97 Å². The summed E-state index contributed by atoms with van der Waals surface area (Å²) in [6, 6.07) is 5.64. The molecule has 1 aliphatic heterocycles. The summed E-state index contributed by atoms with van der Waals surface area (Å²) >= 11 is 6.04. The van der Waals surface area contributed by atoms with Crippen LogP contribution in [0.25, 0.3) is 0 Å². The molecule has 0 spiro atoms. The Labute approximate surface area is 124 Å². The normalized spacial score (nSPS) is 17.1. The van der Waals surface area contributed by atoms with Crippen LogP contribution < -0.4 is 4.90 Å². The van der Waals surface area contributed by atoms with Gasteiger partial charge in [-0.2, -0.15) is 0 Å². The molecule has 1 saturated heterocycles. The van der Waals surface area contributed by atoms with Crippen LogP contribution in [0.15, 0.2) is 18.2 Å². The highest BCUT2D eigenvalue weighted by Crippen LogP contribution is 2.30. The molecule has 0 atom stereocenters. The zero-order valence-corrected chi connectivity index (χ0v) is 12.7. The first kappa shape index (κ1) is 15.1. The lowest BCUT2D eigenvalue weighted by Crippen LogP contribution is -2.43. The van der Waals surface area contributed by atoms with E-state index in [1.807, 2.05) is 19.2 Å². The topological polar surface area (TPSA) is 43.8 Å². The summed E-state index contributed by atoms with van der Waals surface area (Å²) in [5.74, 6) is -0.969. The maximum atomic E-state index is 11.4. The van der Waals surface area contributed by atoms with Gasteiger partial charge in [-0.1, -0.05) is 24.6 Å². The van der Waals surface area contributed by atoms with Gasteiger partial charge in [-0.05, 0) is 31.5 Å². The largest absolute Gasteiger partial charge is 0.478 e. The van der Waals surface area contributed by atoms with Crippen LogP contribution in [0.4, 0.5) is 5.69 Å². The van der Waals surface area contributed by atoms with Gasteiger partial charge in [-0.15, -0.1) is 0 Å². The van der Waals surface area contributed by atoms with Crippen molar-refractivity contribution < 1.29 is 9.90 Å². The number of nitrogens with zero attached hydrogens (tertiary/aromatic N) is 2. The number of likely N-dealkylation sites (tertiary alicyclic amines) is 1. The van der Waals surface area contributed by atoms with Crippen molar-refractivity contribution in [2.45, 2.75) is 25.8 Å². The Morgan fingerprint density at radius 1 is 1.45 bits per heavy atom. The van der Waals surface area contributed by atoms with Gasteiger partial charge in [0.25, 0.3) is 0 Å². The van der Waals surface area contributed by atoms with Gasteiger partial charge in [0.05, 0.1) is 10.7 Å². The molecule has 4 nitrogen and oxygen atoms in total. The van der Waals surface area contributed by atoms with Gasteiger partial charge < -0.3 is 14.9 Å². The summed E-state index contributed by atoms with van der Waals surface area (Å²) in [5.41, 5.74) is 0.912. The first-order valence-corrected chi connectivity index (χ1v) is 7.39. The molecule has 0 saturated carbocycles. The number of benzene rings is 1. The van der Waals surface area contributed by atoms with Gasteiger partial charge in [-0.25, -0.2) is 4.79 Å². The highest BCUT2D eigenvalue weighted by molar-refractivity contribution is 6.34. The van der Waals surface area contributed by atoms with Crippen molar-refractivity contribution in [3.05, 3.63) is 28.8 Å². The number of rotatable bonds is 4. The number of hydrogen-bond donors (Lipinski definition) is 1. The molecule has 110 valence electrons. The molecular formula is C15H21ClN2O2. The first-order valence-electron chi connectivity index (χ1n) is 7.01. The van der Waals surface area contributed by atoms with E-state index in [2.05, 4.69) is 16.7 Å². The third-order valence-corrected chi connectivity index (χ3v) is 4.45. The monoisotopic (exact) mass is 296 g/mol. The highest BCUT2D eigenvalue weighted by atomic mass is 35.5. The average molecular weight is 297 g/mol. The van der Waals surface area contributed by atoms with E-state index in [1.54, 1.807) is 6.07 Å². The van der Waals surface area contributed by atoms with E-state index in [0.29, 0.717) is 16.8 Å². The summed E-state index contributed by atoms with van der Waals surface area (Å²) in [6.45, 7) is 5.38. The number of piperidine rings is 1. The molecule has 2 rings (SSSR count). The first-order chi connectivity index (χ1) is 9.54. The summed E-state index contributed by atoms with van der Waals surface area (Å²) < 4.78 is 0. The van der Waals surface area contributed by atoms with Crippen LogP contribution in [0.3, 0.4) is 0 Å². The molecule has 0 radical (unpaired) electrons. The zero-order chi connectivity index (χ0) is 14.7. The summed E-state index contributed by atoms with van der Waals surface area (Å²) in [6.07, 6.45) is 2.10. The van der Waals surface area contributed by atoms with Crippen LogP contribution in [0.1, 0.15) is 30.1 Å². The third-order valence-electron chi connectivity index (χ3n) is 4.14.